The van der Waals surface area contributed by atoms with Crippen LogP contribution in [0.2, 0.25) is 0 Å². The van der Waals surface area contributed by atoms with Gasteiger partial charge in [0.25, 0.3) is 0 Å². The molecule has 0 unspecified atom stereocenters. The number of ether oxygens (including phenoxy) is 3. The Bertz CT molecular complexity index is 1250. The van der Waals surface area contributed by atoms with Crippen LogP contribution >= 0.6 is 0 Å². The lowest BCUT2D eigenvalue weighted by Crippen LogP contribution is -2.17. The molecular weight excluding hydrogens is 442 g/mol. The quantitative estimate of drug-likeness (QED) is 0.441. The number of aliphatic carboxylic acids is 1. The first kappa shape index (κ1) is 23.2. The highest BCUT2D eigenvalue weighted by atomic mass is 16.5. The average Bonchev–Trinajstić information content (AvgIpc) is 3.41. The number of carboxylic acids is 1. The number of hydrogen-bond acceptors (Lipinski definition) is 5. The van der Waals surface area contributed by atoms with Gasteiger partial charge in [-0.1, -0.05) is 45.0 Å². The number of pyridine rings is 1. The molecule has 1 aliphatic carbocycles. The maximum absolute atomic E-state index is 11.1. The minimum atomic E-state index is -0.814. The SMILES string of the molecule is CC(C)(C)COc1ncccc1-c1cccc2c1CC[C@H]2Oc1ccc2c(c1)OC[C@H]2CC(=O)O. The van der Waals surface area contributed by atoms with Crippen LogP contribution in [-0.2, 0) is 11.2 Å². The van der Waals surface area contributed by atoms with Gasteiger partial charge in [0.2, 0.25) is 5.88 Å². The summed E-state index contributed by atoms with van der Waals surface area (Å²) in [7, 11) is 0. The molecule has 0 amide bonds. The summed E-state index contributed by atoms with van der Waals surface area (Å²) in [6, 6.07) is 16.1. The predicted molar refractivity (Wildman–Crippen MR) is 133 cm³/mol. The lowest BCUT2D eigenvalue weighted by atomic mass is 9.96. The Hall–Kier alpha value is -3.54. The van der Waals surface area contributed by atoms with E-state index < -0.39 is 5.97 Å². The molecule has 2 atom stereocenters. The van der Waals surface area contributed by atoms with Crippen molar-refractivity contribution in [3.63, 3.8) is 0 Å². The Morgan fingerprint density at radius 1 is 1.11 bits per heavy atom. The molecule has 2 aliphatic rings. The van der Waals surface area contributed by atoms with E-state index in [-0.39, 0.29) is 23.9 Å². The molecule has 3 aromatic rings. The van der Waals surface area contributed by atoms with Crippen molar-refractivity contribution in [3.05, 3.63) is 71.4 Å². The fraction of sp³-hybridized carbons (Fsp3) is 0.379. The highest BCUT2D eigenvalue weighted by Gasteiger charge is 2.30. The zero-order valence-corrected chi connectivity index (χ0v) is 20.4. The number of rotatable bonds is 7. The zero-order chi connectivity index (χ0) is 24.6. The molecule has 2 heterocycles. The van der Waals surface area contributed by atoms with Crippen molar-refractivity contribution in [3.8, 4) is 28.5 Å². The van der Waals surface area contributed by atoms with Crippen molar-refractivity contribution in [1.29, 1.82) is 0 Å². The number of benzene rings is 2. The molecule has 6 heteroatoms. The van der Waals surface area contributed by atoms with Crippen LogP contribution in [0.15, 0.2) is 54.7 Å². The highest BCUT2D eigenvalue weighted by Crippen LogP contribution is 2.44. The van der Waals surface area contributed by atoms with Crippen LogP contribution in [0.1, 0.15) is 62.3 Å². The van der Waals surface area contributed by atoms with Gasteiger partial charge in [-0.05, 0) is 53.1 Å². The minimum Gasteiger partial charge on any atom is -0.492 e. The fourth-order valence-corrected chi connectivity index (χ4v) is 4.86. The van der Waals surface area contributed by atoms with Crippen LogP contribution in [0.5, 0.6) is 17.4 Å². The van der Waals surface area contributed by atoms with Crippen LogP contribution in [0, 0.1) is 5.41 Å². The molecule has 1 aliphatic heterocycles. The van der Waals surface area contributed by atoms with Crippen LogP contribution in [0.25, 0.3) is 11.1 Å². The van der Waals surface area contributed by atoms with Gasteiger partial charge in [-0.25, -0.2) is 4.98 Å². The second-order valence-electron chi connectivity index (χ2n) is 10.5. The maximum atomic E-state index is 11.1. The number of carboxylic acid groups (broad SMARTS) is 1. The maximum Gasteiger partial charge on any atom is 0.304 e. The number of hydrogen-bond donors (Lipinski definition) is 1. The Balaban J connectivity index is 1.38. The smallest absolute Gasteiger partial charge is 0.304 e. The van der Waals surface area contributed by atoms with Crippen molar-refractivity contribution < 1.29 is 24.1 Å². The van der Waals surface area contributed by atoms with Crippen LogP contribution < -0.4 is 14.2 Å². The third-order valence-electron chi connectivity index (χ3n) is 6.48. The van der Waals surface area contributed by atoms with Gasteiger partial charge < -0.3 is 19.3 Å². The van der Waals surface area contributed by atoms with Gasteiger partial charge in [0, 0.05) is 29.3 Å². The Morgan fingerprint density at radius 2 is 1.94 bits per heavy atom. The van der Waals surface area contributed by atoms with E-state index >= 15 is 0 Å². The number of fused-ring (bicyclic) bond motifs is 2. The summed E-state index contributed by atoms with van der Waals surface area (Å²) in [6.07, 6.45) is 3.57. The summed E-state index contributed by atoms with van der Waals surface area (Å²) in [4.78, 5) is 15.6. The van der Waals surface area contributed by atoms with Gasteiger partial charge in [0.05, 0.1) is 19.6 Å². The molecule has 1 aromatic heterocycles. The minimum absolute atomic E-state index is 0.0412. The molecule has 0 saturated carbocycles. The molecule has 1 N–H and O–H groups in total. The number of nitrogens with zero attached hydrogens (tertiary/aromatic N) is 1. The van der Waals surface area contributed by atoms with E-state index in [4.69, 9.17) is 19.3 Å². The molecule has 6 nitrogen and oxygen atoms in total. The Morgan fingerprint density at radius 3 is 2.74 bits per heavy atom. The van der Waals surface area contributed by atoms with E-state index in [0.29, 0.717) is 19.1 Å². The van der Waals surface area contributed by atoms with Crippen molar-refractivity contribution in [2.24, 2.45) is 5.41 Å². The summed E-state index contributed by atoms with van der Waals surface area (Å²) in [5.74, 6) is 1.19. The molecule has 0 fully saturated rings. The van der Waals surface area contributed by atoms with E-state index in [9.17, 15) is 4.79 Å². The van der Waals surface area contributed by atoms with Crippen molar-refractivity contribution in [2.75, 3.05) is 13.2 Å². The summed E-state index contributed by atoms with van der Waals surface area (Å²) in [5, 5.41) is 9.13. The van der Waals surface area contributed by atoms with Gasteiger partial charge in [0.15, 0.2) is 0 Å². The summed E-state index contributed by atoms with van der Waals surface area (Å²) >= 11 is 0. The first-order valence-corrected chi connectivity index (χ1v) is 12.1. The molecule has 0 bridgehead atoms. The molecule has 0 radical (unpaired) electrons. The lowest BCUT2D eigenvalue weighted by Gasteiger charge is -2.20. The van der Waals surface area contributed by atoms with Gasteiger partial charge >= 0.3 is 5.97 Å². The van der Waals surface area contributed by atoms with E-state index in [0.717, 1.165) is 41.0 Å². The van der Waals surface area contributed by atoms with Crippen LogP contribution in [-0.4, -0.2) is 29.3 Å². The molecule has 35 heavy (non-hydrogen) atoms. The molecule has 2 aromatic carbocycles. The molecule has 182 valence electrons. The molecular formula is C29H31NO5. The van der Waals surface area contributed by atoms with E-state index in [1.54, 1.807) is 6.20 Å². The van der Waals surface area contributed by atoms with E-state index in [2.05, 4.69) is 50.0 Å². The largest absolute Gasteiger partial charge is 0.492 e. The normalized spacial score (nSPS) is 18.5. The highest BCUT2D eigenvalue weighted by molar-refractivity contribution is 5.74. The van der Waals surface area contributed by atoms with Gasteiger partial charge in [0.1, 0.15) is 17.6 Å². The topological polar surface area (TPSA) is 77.9 Å². The van der Waals surface area contributed by atoms with Crippen molar-refractivity contribution >= 4 is 5.97 Å². The first-order valence-electron chi connectivity index (χ1n) is 12.1. The summed E-state index contributed by atoms with van der Waals surface area (Å²) < 4.78 is 18.3. The van der Waals surface area contributed by atoms with Gasteiger partial charge in [-0.3, -0.25) is 4.79 Å². The number of aromatic nitrogens is 1. The van der Waals surface area contributed by atoms with E-state index in [1.807, 2.05) is 24.3 Å². The third-order valence-corrected chi connectivity index (χ3v) is 6.48. The standard InChI is InChI=1S/C29H31NO5/c1-29(2,3)17-34-28-24(8-5-13-30-28)21-6-4-7-23-22(21)11-12-25(23)35-19-9-10-20-18(14-27(31)32)16-33-26(20)15-19/h4-10,13,15,18,25H,11-12,14,16-17H2,1-3H3,(H,31,32)/t18-,25-/m1/s1. The Kier molecular flexibility index (Phi) is 6.13. The summed E-state index contributed by atoms with van der Waals surface area (Å²) in [6.45, 7) is 7.42. The monoisotopic (exact) mass is 473 g/mol. The van der Waals surface area contributed by atoms with Crippen molar-refractivity contribution in [2.45, 2.75) is 52.1 Å². The molecule has 0 saturated heterocycles. The lowest BCUT2D eigenvalue weighted by molar-refractivity contribution is -0.137. The van der Waals surface area contributed by atoms with E-state index in [1.165, 1.54) is 11.1 Å². The van der Waals surface area contributed by atoms with Gasteiger partial charge in [-0.15, -0.1) is 0 Å². The summed E-state index contributed by atoms with van der Waals surface area (Å²) in [5.41, 5.74) is 5.57. The second kappa shape index (κ2) is 9.25. The fourth-order valence-electron chi connectivity index (χ4n) is 4.86. The Labute approximate surface area is 205 Å². The average molecular weight is 474 g/mol. The predicted octanol–water partition coefficient (Wildman–Crippen LogP) is 6.19. The van der Waals surface area contributed by atoms with Crippen LogP contribution in [0.4, 0.5) is 0 Å². The first-order chi connectivity index (χ1) is 16.8. The van der Waals surface area contributed by atoms with Crippen molar-refractivity contribution in [1.82, 2.24) is 4.98 Å². The molecule has 5 rings (SSSR count). The third kappa shape index (κ3) is 4.97. The number of carbonyl (C=O) groups is 1. The zero-order valence-electron chi connectivity index (χ0n) is 20.4. The second-order valence-corrected chi connectivity index (χ2v) is 10.5. The van der Waals surface area contributed by atoms with Gasteiger partial charge in [-0.2, -0.15) is 0 Å². The molecule has 0 spiro atoms. The van der Waals surface area contributed by atoms with Crippen LogP contribution in [0.3, 0.4) is 0 Å².